The molecule has 1 aliphatic heterocycles. The molecule has 0 saturated heterocycles. The number of pyridine rings is 7. The predicted molar refractivity (Wildman–Crippen MR) is 543 cm³/mol. The van der Waals surface area contributed by atoms with E-state index in [0.717, 1.165) is 110 Å². The highest BCUT2D eigenvalue weighted by Crippen LogP contribution is 2.38. The van der Waals surface area contributed by atoms with E-state index in [1.54, 1.807) is 105 Å². The summed E-state index contributed by atoms with van der Waals surface area (Å²) < 4.78 is 18.3. The van der Waals surface area contributed by atoms with Gasteiger partial charge in [0.15, 0.2) is 17.2 Å². The highest BCUT2D eigenvalue weighted by atomic mass is 35.5. The fourth-order valence-corrected chi connectivity index (χ4v) is 17.0. The number of nitrogens with zero attached hydrogens (tertiary/aromatic N) is 10. The smallest absolute Gasteiger partial charge is 0.291 e. The average molecular weight is 1860 g/mol. The maximum atomic E-state index is 12.7. The van der Waals surface area contributed by atoms with Crippen molar-refractivity contribution >= 4 is 184 Å². The quantitative estimate of drug-likeness (QED) is 0.0709. The normalized spacial score (nSPS) is 11.3. The fraction of sp³-hybridized carbons (Fsp3) is 0.0545. The van der Waals surface area contributed by atoms with Gasteiger partial charge in [-0.2, -0.15) is 0 Å². The molecule has 5 N–H and O–H groups in total. The summed E-state index contributed by atoms with van der Waals surface area (Å²) in [6, 6.07) is 100. The zero-order valence-electron chi connectivity index (χ0n) is 74.7. The molecule has 6 amide bonds. The van der Waals surface area contributed by atoms with Crippen molar-refractivity contribution in [2.75, 3.05) is 33.3 Å². The van der Waals surface area contributed by atoms with Crippen LogP contribution in [0.4, 0.5) is 28.4 Å². The van der Waals surface area contributed by atoms with Gasteiger partial charge in [0.25, 0.3) is 46.6 Å². The van der Waals surface area contributed by atoms with Crippen LogP contribution in [-0.4, -0.2) is 92.4 Å². The molecule has 11 aromatic heterocycles. The Bertz CT molecular complexity index is 8580. The SMILES string of the molecule is COc1ccc(-c2cc(C(=O)Nc3cccc4ccc(C)nc34)no2)cc1.Cc1ccc(C(=O)Nc2cccc3ccc(C)nc23)cn1.Cc1ccc2cccc(NC(=O)c3cc4ccccc4o3)c2n1.Cc1ccc2cccc(NC(=O)c3sc4ccccc4c3Cl)c2n1.O=C1c2ccccc2C(=O)N1c1cccc2cccnc12.O=c1[nH]n(-c2cccc3cccnc23)c(=O)c2ccccc12. The fourth-order valence-electron chi connectivity index (χ4n) is 15.6. The van der Waals surface area contributed by atoms with Crippen molar-refractivity contribution < 1.29 is 42.4 Å². The van der Waals surface area contributed by atoms with Crippen molar-refractivity contribution in [3.63, 3.8) is 0 Å². The Morgan fingerprint density at radius 2 is 0.841 bits per heavy atom. The Kier molecular flexibility index (Phi) is 26.2. The average Bonchev–Trinajstić information content (AvgIpc) is 1.26. The third-order valence-electron chi connectivity index (χ3n) is 22.4. The van der Waals surface area contributed by atoms with E-state index in [9.17, 15) is 38.4 Å². The number of rotatable bonds is 12. The van der Waals surface area contributed by atoms with E-state index in [-0.39, 0.29) is 58.0 Å². The number of benzene rings is 11. The maximum absolute atomic E-state index is 12.7. The number of methoxy groups -OCH3 is 1. The number of hydrogen-bond donors (Lipinski definition) is 5. The van der Waals surface area contributed by atoms with Crippen LogP contribution in [0.5, 0.6) is 5.75 Å². The standard InChI is InChI=1S/C21H17N3O3.C19H13ClN2OS.C19H14N2O2.C17H11N3O2.C17H15N3O.C17H10N2O2/c1-13-6-7-15-4-3-5-17(20(15)22-13)23-21(25)18-12-19(27-24-18)14-8-10-16(26-2)11-9-14;1-11-9-10-12-5-4-7-14(17(12)21-11)22-19(23)18-16(20)13-6-2-3-8-15(13)24-18;1-12-9-10-13-6-4-7-15(18(13)20-12)21-19(22)17-11-14-5-2-3-8-16(14)23-17;21-16-12-7-1-2-8-13(12)17(22)20(19-16)14-9-3-5-11-6-4-10-18-15(11)14;1-11-6-9-14(10-18-11)17(21)20-15-5-3-4-13-8-7-12(2)19-16(13)15;20-16-12-7-1-2-8-13(12)17(21)19(16)14-9-3-5-11-6-4-10-18-15(11)14/h3-12H,1-2H3,(H,23,25);2-10H,1H3,(H,22,23);2-11H,1H3,(H,21,22);1-10H,(H,19,21);3-10H,1-2H3,(H,20,21);1-10H. The molecule has 674 valence electrons. The topological polar surface area (TPSA) is 347 Å². The predicted octanol–water partition coefficient (Wildman–Crippen LogP) is 23.4. The molecule has 0 unspecified atom stereocenters. The van der Waals surface area contributed by atoms with Gasteiger partial charge >= 0.3 is 0 Å². The largest absolute Gasteiger partial charge is 0.497 e. The van der Waals surface area contributed by atoms with Crippen LogP contribution in [0.2, 0.25) is 5.02 Å². The molecule has 0 aliphatic carbocycles. The van der Waals surface area contributed by atoms with Crippen LogP contribution in [-0.2, 0) is 0 Å². The summed E-state index contributed by atoms with van der Waals surface area (Å²) in [5, 5.41) is 27.0. The number of ether oxygens (including phenoxy) is 1. The lowest BCUT2D eigenvalue weighted by atomic mass is 10.1. The van der Waals surface area contributed by atoms with E-state index in [4.69, 9.17) is 25.3 Å². The summed E-state index contributed by atoms with van der Waals surface area (Å²) in [7, 11) is 1.61. The highest BCUT2D eigenvalue weighted by Gasteiger charge is 2.37. The number of thiophene rings is 1. The van der Waals surface area contributed by atoms with Gasteiger partial charge in [-0.15, -0.1) is 11.3 Å². The first-order valence-electron chi connectivity index (χ1n) is 43.4. The number of aromatic nitrogens is 10. The van der Waals surface area contributed by atoms with Crippen LogP contribution >= 0.6 is 22.9 Å². The molecule has 23 rings (SSSR count). The lowest BCUT2D eigenvalue weighted by Gasteiger charge is -2.15. The molecule has 26 nitrogen and oxygen atoms in total. The summed E-state index contributed by atoms with van der Waals surface area (Å²) in [5.74, 6) is -0.0790. The van der Waals surface area contributed by atoms with Crippen molar-refractivity contribution in [3.8, 4) is 22.8 Å². The Hall–Kier alpha value is -18.2. The van der Waals surface area contributed by atoms with Crippen LogP contribution in [0.15, 0.2) is 365 Å². The molecule has 0 fully saturated rings. The number of furan rings is 1. The molecule has 0 radical (unpaired) electrons. The van der Waals surface area contributed by atoms with Crippen molar-refractivity contribution in [1.29, 1.82) is 0 Å². The minimum atomic E-state index is -0.352. The third kappa shape index (κ3) is 19.5. The highest BCUT2D eigenvalue weighted by molar-refractivity contribution is 7.21. The molecule has 138 heavy (non-hydrogen) atoms. The van der Waals surface area contributed by atoms with Gasteiger partial charge in [-0.25, -0.2) is 9.58 Å². The van der Waals surface area contributed by atoms with Crippen LogP contribution in [0.3, 0.4) is 0 Å². The lowest BCUT2D eigenvalue weighted by Crippen LogP contribution is -2.29. The van der Waals surface area contributed by atoms with Crippen LogP contribution < -0.4 is 42.0 Å². The van der Waals surface area contributed by atoms with Gasteiger partial charge in [0.2, 0.25) is 0 Å². The van der Waals surface area contributed by atoms with Crippen molar-refractivity contribution in [2.24, 2.45) is 0 Å². The Morgan fingerprint density at radius 3 is 1.36 bits per heavy atom. The minimum absolute atomic E-state index is 0.182. The van der Waals surface area contributed by atoms with E-state index in [0.29, 0.717) is 93.9 Å². The van der Waals surface area contributed by atoms with E-state index < -0.39 is 0 Å². The summed E-state index contributed by atoms with van der Waals surface area (Å²) in [6.45, 7) is 9.59. The summed E-state index contributed by atoms with van der Waals surface area (Å²) in [5.41, 5.74) is 15.2. The number of H-pyrrole nitrogens is 1. The van der Waals surface area contributed by atoms with E-state index in [2.05, 4.69) is 66.4 Å². The van der Waals surface area contributed by atoms with Crippen LogP contribution in [0, 0.1) is 34.6 Å². The van der Waals surface area contributed by atoms with Crippen LogP contribution in [0.25, 0.3) is 114 Å². The number of hydrogen-bond acceptors (Lipinski definition) is 20. The minimum Gasteiger partial charge on any atom is -0.497 e. The van der Waals surface area contributed by atoms with E-state index in [1.165, 1.54) is 20.9 Å². The third-order valence-corrected chi connectivity index (χ3v) is 24.1. The van der Waals surface area contributed by atoms with Crippen molar-refractivity contribution in [3.05, 3.63) is 433 Å². The van der Waals surface area contributed by atoms with Crippen LogP contribution in [0.1, 0.15) is 90.3 Å². The Labute approximate surface area is 795 Å². The van der Waals surface area contributed by atoms with Gasteiger partial charge in [-0.1, -0.05) is 187 Å². The number of halogens is 1. The molecular weight excluding hydrogens is 1770 g/mol. The Balaban J connectivity index is 0.000000110. The van der Waals surface area contributed by atoms with Crippen molar-refractivity contribution in [1.82, 2.24) is 49.8 Å². The number of amides is 6. The zero-order chi connectivity index (χ0) is 95.6. The number of carbonyl (C=O) groups is 6. The first-order chi connectivity index (χ1) is 67.1. The summed E-state index contributed by atoms with van der Waals surface area (Å²) in [4.78, 5) is 133. The zero-order valence-corrected chi connectivity index (χ0v) is 76.2. The monoisotopic (exact) mass is 1850 g/mol. The number of imide groups is 1. The lowest BCUT2D eigenvalue weighted by molar-refractivity contribution is 0.0922. The molecule has 28 heteroatoms. The first kappa shape index (κ1) is 90.3. The maximum Gasteiger partial charge on any atom is 0.291 e. The number of nitrogens with one attached hydrogen (secondary N) is 5. The molecule has 1 aliphatic rings. The van der Waals surface area contributed by atoms with Crippen molar-refractivity contribution in [2.45, 2.75) is 34.6 Å². The van der Waals surface area contributed by atoms with Gasteiger partial charge < -0.3 is 34.9 Å². The number of fused-ring (bicyclic) bond motifs is 10. The van der Waals surface area contributed by atoms with Gasteiger partial charge in [-0.3, -0.25) is 78.3 Å². The second-order valence-electron chi connectivity index (χ2n) is 31.8. The molecule has 0 saturated carbocycles. The van der Waals surface area contributed by atoms with Gasteiger partial charge in [0.05, 0.1) is 107 Å². The molecule has 0 spiro atoms. The van der Waals surface area contributed by atoms with Gasteiger partial charge in [0, 0.05) is 106 Å². The number of para-hydroxylation sites is 7. The number of anilines is 5. The number of aromatic amines is 1. The number of carbonyl (C=O) groups excluding carboxylic acids is 6. The van der Waals surface area contributed by atoms with E-state index >= 15 is 0 Å². The van der Waals surface area contributed by atoms with E-state index in [1.807, 2.05) is 283 Å². The molecule has 0 atom stereocenters. The molecule has 0 bridgehead atoms. The molecule has 12 heterocycles. The molecule has 22 aromatic rings. The summed E-state index contributed by atoms with van der Waals surface area (Å²) in [6.07, 6.45) is 4.90. The van der Waals surface area contributed by atoms with Gasteiger partial charge in [0.1, 0.15) is 16.2 Å². The first-order valence-corrected chi connectivity index (χ1v) is 44.6. The Morgan fingerprint density at radius 1 is 0.399 bits per heavy atom. The summed E-state index contributed by atoms with van der Waals surface area (Å²) >= 11 is 7.79. The second-order valence-corrected chi connectivity index (χ2v) is 33.3. The number of aryl methyl sites for hydroxylation is 5. The molecule has 11 aromatic carbocycles. The second kappa shape index (κ2) is 40.1. The molecular formula is C110H80ClN15O11S. The van der Waals surface area contributed by atoms with Gasteiger partial charge in [-0.05, 0) is 186 Å².